The van der Waals surface area contributed by atoms with Crippen molar-refractivity contribution in [2.24, 2.45) is 0 Å². The van der Waals surface area contributed by atoms with Gasteiger partial charge in [0.25, 0.3) is 5.91 Å². The first-order chi connectivity index (χ1) is 10.3. The van der Waals surface area contributed by atoms with Gasteiger partial charge in [-0.05, 0) is 50.2 Å². The Kier molecular flexibility index (Phi) is 3.22. The molecule has 0 unspecified atom stereocenters. The second kappa shape index (κ2) is 5.22. The number of fused-ring (bicyclic) bond motifs is 1. The Balaban J connectivity index is 1.48. The molecule has 1 saturated carbocycles. The van der Waals surface area contributed by atoms with Gasteiger partial charge >= 0.3 is 0 Å². The number of carbonyl (C=O) groups excluding carboxylic acids is 1. The van der Waals surface area contributed by atoms with Crippen LogP contribution < -0.4 is 5.32 Å². The van der Waals surface area contributed by atoms with Gasteiger partial charge in [-0.2, -0.15) is 0 Å². The van der Waals surface area contributed by atoms with E-state index < -0.39 is 0 Å². The van der Waals surface area contributed by atoms with Crippen molar-refractivity contribution in [2.75, 3.05) is 5.32 Å². The van der Waals surface area contributed by atoms with Crippen LogP contribution in [0.15, 0.2) is 18.5 Å². The highest BCUT2D eigenvalue weighted by Gasteiger charge is 2.26. The Labute approximate surface area is 127 Å². The summed E-state index contributed by atoms with van der Waals surface area (Å²) in [5, 5.41) is 2.90. The van der Waals surface area contributed by atoms with Gasteiger partial charge in [-0.15, -0.1) is 11.3 Å². The standard InChI is InChI=1S/C16H17N3OS/c20-16(14-7-11-3-1-2-4-13(11)21-14)19-12-8-17-15(18-9-12)10-5-6-10/h7-10H,1-6H2,(H,19,20). The van der Waals surface area contributed by atoms with Crippen LogP contribution >= 0.6 is 11.3 Å². The number of anilines is 1. The number of amides is 1. The van der Waals surface area contributed by atoms with Crippen molar-refractivity contribution in [2.45, 2.75) is 44.4 Å². The third kappa shape index (κ3) is 2.70. The molecule has 0 bridgehead atoms. The van der Waals surface area contributed by atoms with Crippen LogP contribution in [0.4, 0.5) is 5.69 Å². The second-order valence-corrected chi connectivity index (χ2v) is 6.96. The molecule has 2 heterocycles. The van der Waals surface area contributed by atoms with Crippen LogP contribution in [0, 0.1) is 0 Å². The first kappa shape index (κ1) is 13.0. The van der Waals surface area contributed by atoms with Crippen molar-refractivity contribution in [3.05, 3.63) is 39.6 Å². The van der Waals surface area contributed by atoms with Crippen LogP contribution in [0.5, 0.6) is 0 Å². The zero-order valence-corrected chi connectivity index (χ0v) is 12.6. The highest BCUT2D eigenvalue weighted by Crippen LogP contribution is 2.37. The lowest BCUT2D eigenvalue weighted by atomic mass is 9.99. The first-order valence-corrected chi connectivity index (χ1v) is 8.36. The highest BCUT2D eigenvalue weighted by atomic mass is 32.1. The summed E-state index contributed by atoms with van der Waals surface area (Å²) in [6, 6.07) is 2.05. The van der Waals surface area contributed by atoms with Gasteiger partial charge in [0.15, 0.2) is 0 Å². The van der Waals surface area contributed by atoms with Gasteiger partial charge in [-0.25, -0.2) is 9.97 Å². The van der Waals surface area contributed by atoms with Gasteiger partial charge in [0.2, 0.25) is 0 Å². The van der Waals surface area contributed by atoms with E-state index in [1.807, 2.05) is 6.07 Å². The average molecular weight is 299 g/mol. The summed E-state index contributed by atoms with van der Waals surface area (Å²) >= 11 is 1.63. The van der Waals surface area contributed by atoms with Gasteiger partial charge < -0.3 is 5.32 Å². The summed E-state index contributed by atoms with van der Waals surface area (Å²) in [6.07, 6.45) is 10.5. The number of nitrogens with zero attached hydrogens (tertiary/aromatic N) is 2. The van der Waals surface area contributed by atoms with Gasteiger partial charge in [-0.3, -0.25) is 4.79 Å². The van der Waals surface area contributed by atoms with Crippen molar-refractivity contribution in [1.82, 2.24) is 9.97 Å². The molecule has 21 heavy (non-hydrogen) atoms. The molecule has 0 saturated heterocycles. The molecule has 5 heteroatoms. The minimum atomic E-state index is -0.0443. The number of aromatic nitrogens is 2. The van der Waals surface area contributed by atoms with Gasteiger partial charge in [0, 0.05) is 10.8 Å². The average Bonchev–Trinajstić information content (AvgIpc) is 3.26. The van der Waals surface area contributed by atoms with Gasteiger partial charge in [0.1, 0.15) is 5.82 Å². The zero-order chi connectivity index (χ0) is 14.2. The normalized spacial score (nSPS) is 17.3. The van der Waals surface area contributed by atoms with E-state index in [4.69, 9.17) is 0 Å². The van der Waals surface area contributed by atoms with Crippen LogP contribution in [0.3, 0.4) is 0 Å². The monoisotopic (exact) mass is 299 g/mol. The minimum Gasteiger partial charge on any atom is -0.319 e. The molecule has 0 aromatic carbocycles. The molecule has 108 valence electrons. The van der Waals surface area contributed by atoms with Crippen molar-refractivity contribution < 1.29 is 4.79 Å². The van der Waals surface area contributed by atoms with Gasteiger partial charge in [-0.1, -0.05) is 0 Å². The molecule has 1 N–H and O–H groups in total. The molecule has 2 aromatic heterocycles. The molecule has 0 radical (unpaired) electrons. The summed E-state index contributed by atoms with van der Waals surface area (Å²) in [6.45, 7) is 0. The molecule has 2 aliphatic rings. The van der Waals surface area contributed by atoms with Crippen molar-refractivity contribution in [1.29, 1.82) is 0 Å². The predicted molar refractivity (Wildman–Crippen MR) is 82.9 cm³/mol. The molecule has 0 spiro atoms. The molecule has 0 atom stereocenters. The Morgan fingerprint density at radius 2 is 1.95 bits per heavy atom. The highest BCUT2D eigenvalue weighted by molar-refractivity contribution is 7.14. The van der Waals surface area contributed by atoms with E-state index >= 15 is 0 Å². The molecule has 4 rings (SSSR count). The van der Waals surface area contributed by atoms with E-state index in [1.54, 1.807) is 23.7 Å². The topological polar surface area (TPSA) is 54.9 Å². The number of rotatable bonds is 3. The fraction of sp³-hybridized carbons (Fsp3) is 0.438. The van der Waals surface area contributed by atoms with Crippen LogP contribution in [0.2, 0.25) is 0 Å². The zero-order valence-electron chi connectivity index (χ0n) is 11.8. The maximum absolute atomic E-state index is 12.3. The number of hydrogen-bond donors (Lipinski definition) is 1. The van der Waals surface area contributed by atoms with Gasteiger partial charge in [0.05, 0.1) is 23.0 Å². The molecule has 4 nitrogen and oxygen atoms in total. The van der Waals surface area contributed by atoms with Crippen LogP contribution in [-0.2, 0) is 12.8 Å². The summed E-state index contributed by atoms with van der Waals surface area (Å²) in [5.41, 5.74) is 2.03. The van der Waals surface area contributed by atoms with E-state index in [-0.39, 0.29) is 5.91 Å². The summed E-state index contributed by atoms with van der Waals surface area (Å²) in [7, 11) is 0. The molecular weight excluding hydrogens is 282 g/mol. The Morgan fingerprint density at radius 1 is 1.19 bits per heavy atom. The minimum absolute atomic E-state index is 0.0443. The number of aryl methyl sites for hydroxylation is 2. The van der Waals surface area contributed by atoms with Crippen LogP contribution in [0.25, 0.3) is 0 Å². The summed E-state index contributed by atoms with van der Waals surface area (Å²) in [4.78, 5) is 23.1. The Morgan fingerprint density at radius 3 is 2.67 bits per heavy atom. The maximum Gasteiger partial charge on any atom is 0.265 e. The van der Waals surface area contributed by atoms with E-state index in [0.29, 0.717) is 11.6 Å². The molecule has 1 fully saturated rings. The van der Waals surface area contributed by atoms with Crippen molar-refractivity contribution in [3.63, 3.8) is 0 Å². The SMILES string of the molecule is O=C(Nc1cnc(C2CC2)nc1)c1cc2c(s1)CCCC2. The Bertz CT molecular complexity index is 650. The van der Waals surface area contributed by atoms with E-state index in [1.165, 1.54) is 36.1 Å². The lowest BCUT2D eigenvalue weighted by Gasteiger charge is -2.08. The molecule has 0 aliphatic heterocycles. The van der Waals surface area contributed by atoms with E-state index in [2.05, 4.69) is 15.3 Å². The molecule has 2 aliphatic carbocycles. The fourth-order valence-electron chi connectivity index (χ4n) is 2.75. The number of nitrogens with one attached hydrogen (secondary N) is 1. The fourth-order valence-corrected chi connectivity index (χ4v) is 3.90. The lowest BCUT2D eigenvalue weighted by Crippen LogP contribution is -2.11. The largest absolute Gasteiger partial charge is 0.319 e. The third-order valence-electron chi connectivity index (χ3n) is 4.09. The number of carbonyl (C=O) groups is 1. The van der Waals surface area contributed by atoms with Crippen molar-refractivity contribution >= 4 is 22.9 Å². The first-order valence-electron chi connectivity index (χ1n) is 7.54. The van der Waals surface area contributed by atoms with Crippen LogP contribution in [-0.4, -0.2) is 15.9 Å². The smallest absolute Gasteiger partial charge is 0.265 e. The lowest BCUT2D eigenvalue weighted by molar-refractivity contribution is 0.103. The predicted octanol–water partition coefficient (Wildman–Crippen LogP) is 3.55. The summed E-state index contributed by atoms with van der Waals surface area (Å²) in [5.74, 6) is 1.40. The number of thiophene rings is 1. The number of hydrogen-bond acceptors (Lipinski definition) is 4. The molecular formula is C16H17N3OS. The Hall–Kier alpha value is -1.75. The van der Waals surface area contributed by atoms with Crippen LogP contribution in [0.1, 0.15) is 57.5 Å². The molecule has 2 aromatic rings. The third-order valence-corrected chi connectivity index (χ3v) is 5.33. The second-order valence-electron chi connectivity index (χ2n) is 5.82. The quantitative estimate of drug-likeness (QED) is 0.943. The van der Waals surface area contributed by atoms with Crippen molar-refractivity contribution in [3.8, 4) is 0 Å². The summed E-state index contributed by atoms with van der Waals surface area (Å²) < 4.78 is 0. The molecule has 1 amide bonds. The van der Waals surface area contributed by atoms with E-state index in [0.717, 1.165) is 23.5 Å². The van der Waals surface area contributed by atoms with E-state index in [9.17, 15) is 4.79 Å². The maximum atomic E-state index is 12.3.